The molecule has 3 aliphatic rings. The van der Waals surface area contributed by atoms with E-state index >= 15 is 0 Å². The molecule has 0 atom stereocenters. The predicted octanol–water partition coefficient (Wildman–Crippen LogP) is 0.688. The SMILES string of the molecule is COC(=O)C12CCC(C=O)(CC1)OC2. The lowest BCUT2D eigenvalue weighted by atomic mass is 9.66. The fraction of sp³-hybridized carbons (Fsp3) is 0.800. The Labute approximate surface area is 82.6 Å². The molecule has 0 unspecified atom stereocenters. The van der Waals surface area contributed by atoms with Crippen LogP contribution in [0.5, 0.6) is 0 Å². The Hall–Kier alpha value is -0.900. The first-order valence-corrected chi connectivity index (χ1v) is 4.85. The van der Waals surface area contributed by atoms with Crippen LogP contribution in [0.1, 0.15) is 25.7 Å². The van der Waals surface area contributed by atoms with Crippen LogP contribution in [0.25, 0.3) is 0 Å². The molecule has 0 amide bonds. The topological polar surface area (TPSA) is 52.6 Å². The second-order valence-corrected chi connectivity index (χ2v) is 4.24. The molecular weight excluding hydrogens is 184 g/mol. The molecule has 1 saturated carbocycles. The lowest BCUT2D eigenvalue weighted by molar-refractivity contribution is -0.199. The largest absolute Gasteiger partial charge is 0.469 e. The van der Waals surface area contributed by atoms with E-state index in [0.29, 0.717) is 32.3 Å². The average molecular weight is 198 g/mol. The maximum absolute atomic E-state index is 11.5. The van der Waals surface area contributed by atoms with Gasteiger partial charge in [0.15, 0.2) is 6.29 Å². The summed E-state index contributed by atoms with van der Waals surface area (Å²) in [5.74, 6) is -0.198. The van der Waals surface area contributed by atoms with E-state index in [1.165, 1.54) is 7.11 Å². The first-order valence-electron chi connectivity index (χ1n) is 4.85. The van der Waals surface area contributed by atoms with Crippen LogP contribution in [-0.2, 0) is 19.1 Å². The first-order chi connectivity index (χ1) is 6.66. The minimum Gasteiger partial charge on any atom is -0.469 e. The molecule has 78 valence electrons. The molecule has 3 fully saturated rings. The molecule has 0 N–H and O–H groups in total. The van der Waals surface area contributed by atoms with Crippen LogP contribution < -0.4 is 0 Å². The van der Waals surface area contributed by atoms with Crippen molar-refractivity contribution in [3.05, 3.63) is 0 Å². The first kappa shape index (κ1) is 9.65. The van der Waals surface area contributed by atoms with Gasteiger partial charge >= 0.3 is 5.97 Å². The van der Waals surface area contributed by atoms with Gasteiger partial charge in [-0.3, -0.25) is 4.79 Å². The lowest BCUT2D eigenvalue weighted by Gasteiger charge is -2.48. The number of carbonyl (C=O) groups is 2. The molecule has 2 heterocycles. The van der Waals surface area contributed by atoms with Gasteiger partial charge < -0.3 is 14.3 Å². The van der Waals surface area contributed by atoms with Crippen molar-refractivity contribution in [2.75, 3.05) is 13.7 Å². The molecule has 0 aromatic rings. The van der Waals surface area contributed by atoms with Gasteiger partial charge in [-0.2, -0.15) is 0 Å². The van der Waals surface area contributed by atoms with Crippen LogP contribution in [0, 0.1) is 5.41 Å². The number of methoxy groups -OCH3 is 1. The fourth-order valence-corrected chi connectivity index (χ4v) is 2.35. The minimum atomic E-state index is -0.601. The number of carbonyl (C=O) groups excluding carboxylic acids is 2. The van der Waals surface area contributed by atoms with Crippen molar-refractivity contribution in [3.8, 4) is 0 Å². The Kier molecular flexibility index (Phi) is 2.10. The molecule has 4 nitrogen and oxygen atoms in total. The molecular formula is C10H14O4. The summed E-state index contributed by atoms with van der Waals surface area (Å²) in [6, 6.07) is 0. The van der Waals surface area contributed by atoms with E-state index in [1.54, 1.807) is 0 Å². The maximum atomic E-state index is 11.5. The summed E-state index contributed by atoms with van der Waals surface area (Å²) in [6.07, 6.45) is 3.58. The van der Waals surface area contributed by atoms with Crippen LogP contribution >= 0.6 is 0 Å². The van der Waals surface area contributed by atoms with E-state index in [4.69, 9.17) is 9.47 Å². The van der Waals surface area contributed by atoms with Gasteiger partial charge in [-0.05, 0) is 25.7 Å². The highest BCUT2D eigenvalue weighted by Gasteiger charge is 2.54. The number of ether oxygens (including phenoxy) is 2. The van der Waals surface area contributed by atoms with Crippen LogP contribution in [0.15, 0.2) is 0 Å². The van der Waals surface area contributed by atoms with Crippen molar-refractivity contribution in [1.82, 2.24) is 0 Å². The third-order valence-corrected chi connectivity index (χ3v) is 3.52. The quantitative estimate of drug-likeness (QED) is 0.484. The van der Waals surface area contributed by atoms with E-state index in [1.807, 2.05) is 0 Å². The molecule has 2 bridgehead atoms. The summed E-state index contributed by atoms with van der Waals surface area (Å²) in [5.41, 5.74) is -1.07. The summed E-state index contributed by atoms with van der Waals surface area (Å²) in [6.45, 7) is 0.332. The summed E-state index contributed by atoms with van der Waals surface area (Å²) < 4.78 is 10.2. The number of rotatable bonds is 2. The Morgan fingerprint density at radius 3 is 2.36 bits per heavy atom. The number of esters is 1. The zero-order chi connectivity index (χ0) is 10.2. The van der Waals surface area contributed by atoms with Crippen LogP contribution in [-0.4, -0.2) is 31.6 Å². The highest BCUT2D eigenvalue weighted by atomic mass is 16.5. The third-order valence-electron chi connectivity index (χ3n) is 3.52. The van der Waals surface area contributed by atoms with Gasteiger partial charge in [0.1, 0.15) is 5.60 Å². The Bertz CT molecular complexity index is 247. The van der Waals surface area contributed by atoms with Crippen molar-refractivity contribution >= 4 is 12.3 Å². The van der Waals surface area contributed by atoms with Gasteiger partial charge in [-0.1, -0.05) is 0 Å². The van der Waals surface area contributed by atoms with E-state index in [0.717, 1.165) is 6.29 Å². The second-order valence-electron chi connectivity index (χ2n) is 4.24. The molecule has 0 aromatic heterocycles. The monoisotopic (exact) mass is 198 g/mol. The Balaban J connectivity index is 2.16. The summed E-state index contributed by atoms with van der Waals surface area (Å²) in [4.78, 5) is 22.4. The molecule has 2 aliphatic heterocycles. The molecule has 14 heavy (non-hydrogen) atoms. The highest BCUT2D eigenvalue weighted by Crippen LogP contribution is 2.48. The summed E-state index contributed by atoms with van der Waals surface area (Å²) in [5, 5.41) is 0. The molecule has 4 heteroatoms. The van der Waals surface area contributed by atoms with Gasteiger partial charge in [0.05, 0.1) is 19.1 Å². The van der Waals surface area contributed by atoms with Gasteiger partial charge in [0, 0.05) is 0 Å². The van der Waals surface area contributed by atoms with Crippen molar-refractivity contribution in [2.24, 2.45) is 5.41 Å². The van der Waals surface area contributed by atoms with Gasteiger partial charge in [0.25, 0.3) is 0 Å². The number of aldehydes is 1. The van der Waals surface area contributed by atoms with Gasteiger partial charge in [0.2, 0.25) is 0 Å². The molecule has 0 radical (unpaired) electrons. The number of hydrogen-bond donors (Lipinski definition) is 0. The van der Waals surface area contributed by atoms with Gasteiger partial charge in [-0.15, -0.1) is 0 Å². The second kappa shape index (κ2) is 3.05. The number of fused-ring (bicyclic) bond motifs is 3. The van der Waals surface area contributed by atoms with Gasteiger partial charge in [-0.25, -0.2) is 0 Å². The average Bonchev–Trinajstić information content (AvgIpc) is 2.30. The normalized spacial score (nSPS) is 40.6. The van der Waals surface area contributed by atoms with E-state index in [2.05, 4.69) is 0 Å². The van der Waals surface area contributed by atoms with Crippen LogP contribution in [0.4, 0.5) is 0 Å². The van der Waals surface area contributed by atoms with Crippen LogP contribution in [0.3, 0.4) is 0 Å². The fourth-order valence-electron chi connectivity index (χ4n) is 2.35. The molecule has 1 aliphatic carbocycles. The zero-order valence-corrected chi connectivity index (χ0v) is 8.25. The Morgan fingerprint density at radius 1 is 1.36 bits per heavy atom. The van der Waals surface area contributed by atoms with E-state index < -0.39 is 11.0 Å². The third kappa shape index (κ3) is 1.17. The molecule has 0 spiro atoms. The maximum Gasteiger partial charge on any atom is 0.314 e. The molecule has 2 saturated heterocycles. The highest BCUT2D eigenvalue weighted by molar-refractivity contribution is 5.78. The van der Waals surface area contributed by atoms with Crippen molar-refractivity contribution in [3.63, 3.8) is 0 Å². The van der Waals surface area contributed by atoms with Crippen molar-refractivity contribution in [1.29, 1.82) is 0 Å². The lowest BCUT2D eigenvalue weighted by Crippen LogP contribution is -2.55. The Morgan fingerprint density at radius 2 is 2.00 bits per heavy atom. The zero-order valence-electron chi connectivity index (χ0n) is 8.25. The molecule has 0 aromatic carbocycles. The molecule has 3 rings (SSSR count). The summed E-state index contributed by atoms with van der Waals surface area (Å²) in [7, 11) is 1.40. The minimum absolute atomic E-state index is 0.198. The standard InChI is InChI=1S/C10H14O4/c1-13-8(12)9-2-4-10(6-11,5-3-9)14-7-9/h6H,2-5,7H2,1H3. The van der Waals surface area contributed by atoms with Crippen LogP contribution in [0.2, 0.25) is 0 Å². The van der Waals surface area contributed by atoms with Crippen molar-refractivity contribution < 1.29 is 19.1 Å². The van der Waals surface area contributed by atoms with E-state index in [9.17, 15) is 9.59 Å². The smallest absolute Gasteiger partial charge is 0.314 e. The van der Waals surface area contributed by atoms with E-state index in [-0.39, 0.29) is 5.97 Å². The number of hydrogen-bond acceptors (Lipinski definition) is 4. The predicted molar refractivity (Wildman–Crippen MR) is 47.7 cm³/mol. The summed E-state index contributed by atoms with van der Waals surface area (Å²) >= 11 is 0. The van der Waals surface area contributed by atoms with Crippen molar-refractivity contribution in [2.45, 2.75) is 31.3 Å².